The molecule has 0 radical (unpaired) electrons. The van der Waals surface area contributed by atoms with Gasteiger partial charge in [-0.3, -0.25) is 9.78 Å². The maximum atomic E-state index is 12.2. The Bertz CT molecular complexity index is 857. The van der Waals surface area contributed by atoms with Gasteiger partial charge in [-0.2, -0.15) is 5.10 Å². The molecule has 1 amide bonds. The van der Waals surface area contributed by atoms with Gasteiger partial charge in [-0.25, -0.2) is 9.67 Å². The number of aryl methyl sites for hydroxylation is 2. The summed E-state index contributed by atoms with van der Waals surface area (Å²) in [6, 6.07) is 7.30. The van der Waals surface area contributed by atoms with Gasteiger partial charge in [0.15, 0.2) is 5.82 Å². The fraction of sp³-hybridized carbons (Fsp3) is 0.125. The number of rotatable bonds is 3. The Kier molecular flexibility index (Phi) is 4.20. The van der Waals surface area contributed by atoms with Crippen molar-refractivity contribution in [2.75, 3.05) is 5.32 Å². The van der Waals surface area contributed by atoms with E-state index in [1.807, 2.05) is 26.0 Å². The van der Waals surface area contributed by atoms with Gasteiger partial charge in [-0.05, 0) is 54.0 Å². The van der Waals surface area contributed by atoms with Crippen molar-refractivity contribution < 1.29 is 4.79 Å². The molecule has 3 heterocycles. The van der Waals surface area contributed by atoms with Crippen LogP contribution < -0.4 is 5.32 Å². The quantitative estimate of drug-likeness (QED) is 0.766. The van der Waals surface area contributed by atoms with Crippen LogP contribution in [-0.2, 0) is 0 Å². The second-order valence-electron chi connectivity index (χ2n) is 5.09. The van der Waals surface area contributed by atoms with Gasteiger partial charge in [0, 0.05) is 22.6 Å². The molecule has 3 rings (SSSR count). The first-order valence-electron chi connectivity index (χ1n) is 6.94. The minimum absolute atomic E-state index is 0.237. The van der Waals surface area contributed by atoms with E-state index in [9.17, 15) is 4.79 Å². The van der Waals surface area contributed by atoms with E-state index in [0.29, 0.717) is 17.1 Å². The minimum atomic E-state index is -0.237. The molecule has 0 spiro atoms. The van der Waals surface area contributed by atoms with Crippen molar-refractivity contribution >= 4 is 27.5 Å². The summed E-state index contributed by atoms with van der Waals surface area (Å²) in [6.45, 7) is 3.90. The Balaban J connectivity index is 1.77. The number of nitrogens with one attached hydrogen (secondary N) is 1. The lowest BCUT2D eigenvalue weighted by molar-refractivity contribution is 0.102. The average Bonchev–Trinajstić information content (AvgIpc) is 2.86. The Morgan fingerprint density at radius 2 is 2.00 bits per heavy atom. The highest BCUT2D eigenvalue weighted by atomic mass is 79.9. The summed E-state index contributed by atoms with van der Waals surface area (Å²) in [5.41, 5.74) is 3.03. The summed E-state index contributed by atoms with van der Waals surface area (Å²) in [7, 11) is 0. The lowest BCUT2D eigenvalue weighted by Crippen LogP contribution is -2.12. The summed E-state index contributed by atoms with van der Waals surface area (Å²) in [6.07, 6.45) is 4.74. The number of hydrogen-bond donors (Lipinski definition) is 1. The number of pyridine rings is 2. The summed E-state index contributed by atoms with van der Waals surface area (Å²) < 4.78 is 2.52. The zero-order chi connectivity index (χ0) is 16.4. The maximum Gasteiger partial charge on any atom is 0.257 e. The minimum Gasteiger partial charge on any atom is -0.321 e. The second kappa shape index (κ2) is 6.29. The molecule has 0 aliphatic carbocycles. The van der Waals surface area contributed by atoms with Crippen LogP contribution in [0.4, 0.5) is 5.69 Å². The number of nitrogens with zero attached hydrogens (tertiary/aromatic N) is 4. The highest BCUT2D eigenvalue weighted by Crippen LogP contribution is 2.15. The molecule has 0 aliphatic heterocycles. The third-order valence-electron chi connectivity index (χ3n) is 3.20. The normalized spacial score (nSPS) is 10.6. The maximum absolute atomic E-state index is 12.2. The molecule has 0 bridgehead atoms. The summed E-state index contributed by atoms with van der Waals surface area (Å²) >= 11 is 3.30. The van der Waals surface area contributed by atoms with Gasteiger partial charge in [0.05, 0.1) is 23.1 Å². The van der Waals surface area contributed by atoms with Gasteiger partial charge in [0.25, 0.3) is 5.91 Å². The van der Waals surface area contributed by atoms with Gasteiger partial charge in [0.2, 0.25) is 0 Å². The van der Waals surface area contributed by atoms with Crippen LogP contribution in [0.15, 0.2) is 47.3 Å². The monoisotopic (exact) mass is 371 g/mol. The highest BCUT2D eigenvalue weighted by Gasteiger charge is 2.09. The first kappa shape index (κ1) is 15.4. The largest absolute Gasteiger partial charge is 0.321 e. The predicted octanol–water partition coefficient (Wildman–Crippen LogP) is 3.29. The number of amides is 1. The smallest absolute Gasteiger partial charge is 0.257 e. The number of hydrogen-bond acceptors (Lipinski definition) is 4. The molecule has 0 atom stereocenters. The topological polar surface area (TPSA) is 72.7 Å². The fourth-order valence-electron chi connectivity index (χ4n) is 2.19. The van der Waals surface area contributed by atoms with Gasteiger partial charge < -0.3 is 5.32 Å². The molecule has 0 saturated heterocycles. The third kappa shape index (κ3) is 3.45. The van der Waals surface area contributed by atoms with Gasteiger partial charge in [-0.15, -0.1) is 0 Å². The molecule has 3 aromatic rings. The van der Waals surface area contributed by atoms with E-state index in [2.05, 4.69) is 36.3 Å². The zero-order valence-electron chi connectivity index (χ0n) is 12.6. The highest BCUT2D eigenvalue weighted by molar-refractivity contribution is 9.10. The molecule has 6 nitrogen and oxygen atoms in total. The predicted molar refractivity (Wildman–Crippen MR) is 90.7 cm³/mol. The van der Waals surface area contributed by atoms with Crippen LogP contribution in [0, 0.1) is 13.8 Å². The van der Waals surface area contributed by atoms with Crippen LogP contribution in [0.3, 0.4) is 0 Å². The van der Waals surface area contributed by atoms with E-state index < -0.39 is 0 Å². The van der Waals surface area contributed by atoms with E-state index in [1.165, 1.54) is 6.20 Å². The molecule has 0 unspecified atom stereocenters. The lowest BCUT2D eigenvalue weighted by Gasteiger charge is -2.07. The first-order chi connectivity index (χ1) is 11.0. The SMILES string of the molecule is Cc1cc(C)n(-c2ccc(NC(=O)c3cncc(Br)c3)cn2)n1. The molecule has 1 N–H and O–H groups in total. The summed E-state index contributed by atoms with van der Waals surface area (Å²) in [4.78, 5) is 20.5. The number of halogens is 1. The molecule has 116 valence electrons. The zero-order valence-corrected chi connectivity index (χ0v) is 14.2. The van der Waals surface area contributed by atoms with Gasteiger partial charge >= 0.3 is 0 Å². The summed E-state index contributed by atoms with van der Waals surface area (Å²) in [5.74, 6) is 0.470. The molecule has 0 fully saturated rings. The second-order valence-corrected chi connectivity index (χ2v) is 6.01. The Hall–Kier alpha value is -2.54. The van der Waals surface area contributed by atoms with Crippen LogP contribution in [0.2, 0.25) is 0 Å². The Morgan fingerprint density at radius 1 is 1.17 bits per heavy atom. The van der Waals surface area contributed by atoms with Crippen LogP contribution in [-0.4, -0.2) is 25.7 Å². The standard InChI is InChI=1S/C16H14BrN5O/c1-10-5-11(2)22(21-10)15-4-3-14(9-19-15)20-16(23)12-6-13(17)8-18-7-12/h3-9H,1-2H3,(H,20,23). The summed E-state index contributed by atoms with van der Waals surface area (Å²) in [5, 5.41) is 7.17. The van der Waals surface area contributed by atoms with Crippen molar-refractivity contribution in [2.24, 2.45) is 0 Å². The van der Waals surface area contributed by atoms with Crippen LogP contribution >= 0.6 is 15.9 Å². The Labute approximate surface area is 141 Å². The average molecular weight is 372 g/mol. The molecular weight excluding hydrogens is 358 g/mol. The number of carbonyl (C=O) groups is 1. The molecule has 0 saturated carbocycles. The molecule has 0 aromatic carbocycles. The van der Waals surface area contributed by atoms with Crippen molar-refractivity contribution in [3.8, 4) is 5.82 Å². The fourth-order valence-corrected chi connectivity index (χ4v) is 2.55. The number of carbonyl (C=O) groups excluding carboxylic acids is 1. The van der Waals surface area contributed by atoms with Crippen molar-refractivity contribution in [1.29, 1.82) is 0 Å². The molecular formula is C16H14BrN5O. The molecule has 23 heavy (non-hydrogen) atoms. The van der Waals surface area contributed by atoms with E-state index in [-0.39, 0.29) is 5.91 Å². The van der Waals surface area contributed by atoms with E-state index >= 15 is 0 Å². The number of aromatic nitrogens is 4. The van der Waals surface area contributed by atoms with Crippen molar-refractivity contribution in [3.05, 3.63) is 64.3 Å². The van der Waals surface area contributed by atoms with E-state index in [0.717, 1.165) is 15.9 Å². The number of anilines is 1. The van der Waals surface area contributed by atoms with Crippen LogP contribution in [0.25, 0.3) is 5.82 Å². The molecule has 7 heteroatoms. The van der Waals surface area contributed by atoms with Crippen LogP contribution in [0.1, 0.15) is 21.7 Å². The van der Waals surface area contributed by atoms with Crippen molar-refractivity contribution in [2.45, 2.75) is 13.8 Å². The van der Waals surface area contributed by atoms with Gasteiger partial charge in [-0.1, -0.05) is 0 Å². The van der Waals surface area contributed by atoms with Crippen molar-refractivity contribution in [3.63, 3.8) is 0 Å². The van der Waals surface area contributed by atoms with E-state index in [4.69, 9.17) is 0 Å². The first-order valence-corrected chi connectivity index (χ1v) is 7.74. The van der Waals surface area contributed by atoms with Crippen molar-refractivity contribution in [1.82, 2.24) is 19.7 Å². The van der Waals surface area contributed by atoms with E-state index in [1.54, 1.807) is 29.2 Å². The van der Waals surface area contributed by atoms with Gasteiger partial charge in [0.1, 0.15) is 0 Å². The Morgan fingerprint density at radius 3 is 2.61 bits per heavy atom. The van der Waals surface area contributed by atoms with Crippen LogP contribution in [0.5, 0.6) is 0 Å². The molecule has 0 aliphatic rings. The third-order valence-corrected chi connectivity index (χ3v) is 3.63. The molecule has 3 aromatic heterocycles. The lowest BCUT2D eigenvalue weighted by atomic mass is 10.2.